The van der Waals surface area contributed by atoms with Gasteiger partial charge in [-0.2, -0.15) is 0 Å². The van der Waals surface area contributed by atoms with Gasteiger partial charge in [-0.05, 0) is 31.4 Å². The molecule has 0 saturated carbocycles. The molecule has 1 amide bonds. The van der Waals surface area contributed by atoms with E-state index in [4.69, 9.17) is 14.3 Å². The fraction of sp³-hybridized carbons (Fsp3) is 0.444. The minimum absolute atomic E-state index is 0.136. The maximum absolute atomic E-state index is 12.4. The Hall–Kier alpha value is -2.34. The number of furan rings is 1. The van der Waals surface area contributed by atoms with Crippen molar-refractivity contribution in [3.05, 3.63) is 35.1 Å². The number of benzene rings is 1. The maximum atomic E-state index is 12.4. The van der Waals surface area contributed by atoms with Gasteiger partial charge < -0.3 is 19.6 Å². The summed E-state index contributed by atoms with van der Waals surface area (Å²) >= 11 is 0. The van der Waals surface area contributed by atoms with Crippen LogP contribution in [0.4, 0.5) is 0 Å². The lowest BCUT2D eigenvalue weighted by Crippen LogP contribution is -2.51. The van der Waals surface area contributed by atoms with Crippen LogP contribution in [0, 0.1) is 13.8 Å². The van der Waals surface area contributed by atoms with E-state index in [1.54, 1.807) is 6.26 Å². The number of carbonyl (C=O) groups excluding carboxylic acids is 1. The molecule has 6 nitrogen and oxygen atoms in total. The summed E-state index contributed by atoms with van der Waals surface area (Å²) in [4.78, 5) is 23.5. The van der Waals surface area contributed by atoms with E-state index in [-0.39, 0.29) is 25.4 Å². The number of fused-ring (bicyclic) bond motifs is 1. The number of aryl methyl sites for hydroxylation is 2. The lowest BCUT2D eigenvalue weighted by Gasteiger charge is -2.26. The van der Waals surface area contributed by atoms with Crippen LogP contribution in [-0.2, 0) is 20.7 Å². The van der Waals surface area contributed by atoms with Crippen LogP contribution < -0.4 is 5.32 Å². The van der Waals surface area contributed by atoms with Gasteiger partial charge in [-0.1, -0.05) is 12.1 Å². The van der Waals surface area contributed by atoms with E-state index in [1.165, 1.54) is 0 Å². The molecule has 1 aromatic heterocycles. The normalized spacial score (nSPS) is 20.4. The number of hydrogen-bond acceptors (Lipinski definition) is 4. The molecule has 6 heteroatoms. The molecule has 1 aliphatic rings. The zero-order valence-corrected chi connectivity index (χ0v) is 13.8. The Balaban J connectivity index is 1.77. The molecule has 2 heterocycles. The first kappa shape index (κ1) is 16.5. The average molecular weight is 331 g/mol. The maximum Gasteiger partial charge on any atom is 0.305 e. The second kappa shape index (κ2) is 6.28. The third-order valence-electron chi connectivity index (χ3n) is 4.69. The predicted octanol–water partition coefficient (Wildman–Crippen LogP) is 2.34. The molecule has 2 aromatic rings. The number of amides is 1. The number of rotatable bonds is 5. The predicted molar refractivity (Wildman–Crippen MR) is 88.0 cm³/mol. The van der Waals surface area contributed by atoms with E-state index in [1.807, 2.05) is 26.0 Å². The Kier molecular flexibility index (Phi) is 4.32. The second-order valence-electron chi connectivity index (χ2n) is 6.52. The highest BCUT2D eigenvalue weighted by Gasteiger charge is 2.38. The number of aliphatic carboxylic acids is 1. The van der Waals surface area contributed by atoms with Crippen LogP contribution in [0.2, 0.25) is 0 Å². The highest BCUT2D eigenvalue weighted by Crippen LogP contribution is 2.27. The molecule has 1 fully saturated rings. The quantitative estimate of drug-likeness (QED) is 0.878. The first-order valence-corrected chi connectivity index (χ1v) is 7.97. The van der Waals surface area contributed by atoms with E-state index in [2.05, 4.69) is 5.32 Å². The van der Waals surface area contributed by atoms with Crippen LogP contribution >= 0.6 is 0 Å². The zero-order valence-electron chi connectivity index (χ0n) is 13.8. The molecule has 1 aliphatic heterocycles. The largest absolute Gasteiger partial charge is 0.481 e. The third-order valence-corrected chi connectivity index (χ3v) is 4.69. The molecule has 3 rings (SSSR count). The summed E-state index contributed by atoms with van der Waals surface area (Å²) in [6.07, 6.45) is 2.13. The fourth-order valence-electron chi connectivity index (χ4n) is 3.22. The Bertz CT molecular complexity index is 786. The number of carbonyl (C=O) groups is 2. The second-order valence-corrected chi connectivity index (χ2v) is 6.52. The standard InChI is InChI=1S/C18H21NO5/c1-11-3-4-14-13(9-24-17(14)12(11)2)7-15(20)19-18(8-16(21)22)5-6-23-10-18/h3-4,9H,5-8,10H2,1-2H3,(H,19,20)(H,21,22). The molecule has 0 radical (unpaired) electrons. The summed E-state index contributed by atoms with van der Waals surface area (Å²) < 4.78 is 10.9. The minimum Gasteiger partial charge on any atom is -0.481 e. The SMILES string of the molecule is Cc1ccc2c(CC(=O)NC3(CC(=O)O)CCOC3)coc2c1C. The van der Waals surface area contributed by atoms with Gasteiger partial charge in [0.15, 0.2) is 0 Å². The number of carboxylic acid groups (broad SMARTS) is 1. The summed E-state index contributed by atoms with van der Waals surface area (Å²) in [5.41, 5.74) is 2.98. The van der Waals surface area contributed by atoms with Crippen molar-refractivity contribution in [2.45, 2.75) is 38.6 Å². The fourth-order valence-corrected chi connectivity index (χ4v) is 3.22. The summed E-state index contributed by atoms with van der Waals surface area (Å²) in [6.45, 7) is 4.69. The van der Waals surface area contributed by atoms with E-state index in [0.717, 1.165) is 27.7 Å². The highest BCUT2D eigenvalue weighted by atomic mass is 16.5. The third kappa shape index (κ3) is 3.14. The molecule has 0 spiro atoms. The lowest BCUT2D eigenvalue weighted by molar-refractivity contribution is -0.139. The van der Waals surface area contributed by atoms with Crippen LogP contribution in [-0.4, -0.2) is 35.7 Å². The van der Waals surface area contributed by atoms with Gasteiger partial charge in [0, 0.05) is 17.6 Å². The van der Waals surface area contributed by atoms with Crippen LogP contribution in [0.15, 0.2) is 22.8 Å². The molecular formula is C18H21NO5. The zero-order chi connectivity index (χ0) is 17.3. The van der Waals surface area contributed by atoms with Crippen molar-refractivity contribution in [2.24, 2.45) is 0 Å². The summed E-state index contributed by atoms with van der Waals surface area (Å²) in [6, 6.07) is 3.96. The van der Waals surface area contributed by atoms with Gasteiger partial charge >= 0.3 is 5.97 Å². The van der Waals surface area contributed by atoms with E-state index in [0.29, 0.717) is 13.0 Å². The first-order chi connectivity index (χ1) is 11.4. The number of hydrogen-bond donors (Lipinski definition) is 2. The molecule has 1 aromatic carbocycles. The highest BCUT2D eigenvalue weighted by molar-refractivity contribution is 5.90. The molecule has 2 N–H and O–H groups in total. The summed E-state index contributed by atoms with van der Waals surface area (Å²) in [5, 5.41) is 12.9. The van der Waals surface area contributed by atoms with E-state index >= 15 is 0 Å². The molecule has 1 atom stereocenters. The molecule has 0 aliphatic carbocycles. The topological polar surface area (TPSA) is 88.8 Å². The molecule has 128 valence electrons. The van der Waals surface area contributed by atoms with E-state index in [9.17, 15) is 9.59 Å². The van der Waals surface area contributed by atoms with Crippen molar-refractivity contribution >= 4 is 22.8 Å². The average Bonchev–Trinajstić information content (AvgIpc) is 3.10. The van der Waals surface area contributed by atoms with Gasteiger partial charge in [-0.25, -0.2) is 0 Å². The first-order valence-electron chi connectivity index (χ1n) is 7.97. The Morgan fingerprint density at radius 3 is 2.79 bits per heavy atom. The molecule has 0 bridgehead atoms. The monoisotopic (exact) mass is 331 g/mol. The Labute approximate surface area is 139 Å². The van der Waals surface area contributed by atoms with Crippen molar-refractivity contribution in [1.29, 1.82) is 0 Å². The number of carboxylic acids is 1. The van der Waals surface area contributed by atoms with Crippen LogP contribution in [0.3, 0.4) is 0 Å². The van der Waals surface area contributed by atoms with Crippen molar-refractivity contribution < 1.29 is 23.8 Å². The van der Waals surface area contributed by atoms with E-state index < -0.39 is 11.5 Å². The number of ether oxygens (including phenoxy) is 1. The van der Waals surface area contributed by atoms with Crippen LogP contribution in [0.5, 0.6) is 0 Å². The summed E-state index contributed by atoms with van der Waals surface area (Å²) in [7, 11) is 0. The number of nitrogens with one attached hydrogen (secondary N) is 1. The van der Waals surface area contributed by atoms with Crippen molar-refractivity contribution in [1.82, 2.24) is 5.32 Å². The molecular weight excluding hydrogens is 310 g/mol. The van der Waals surface area contributed by atoms with Gasteiger partial charge in [-0.3, -0.25) is 9.59 Å². The van der Waals surface area contributed by atoms with Gasteiger partial charge in [-0.15, -0.1) is 0 Å². The molecule has 1 saturated heterocycles. The minimum atomic E-state index is -0.944. The van der Waals surface area contributed by atoms with Crippen molar-refractivity contribution in [2.75, 3.05) is 13.2 Å². The Morgan fingerprint density at radius 2 is 2.12 bits per heavy atom. The smallest absolute Gasteiger partial charge is 0.305 e. The summed E-state index contributed by atoms with van der Waals surface area (Å²) in [5.74, 6) is -1.16. The van der Waals surface area contributed by atoms with Crippen LogP contribution in [0.1, 0.15) is 29.5 Å². The van der Waals surface area contributed by atoms with Crippen molar-refractivity contribution in [3.63, 3.8) is 0 Å². The van der Waals surface area contributed by atoms with Gasteiger partial charge in [0.1, 0.15) is 5.58 Å². The molecule has 1 unspecified atom stereocenters. The lowest BCUT2D eigenvalue weighted by atomic mass is 9.93. The molecule has 24 heavy (non-hydrogen) atoms. The Morgan fingerprint density at radius 1 is 1.33 bits per heavy atom. The van der Waals surface area contributed by atoms with Gasteiger partial charge in [0.2, 0.25) is 5.91 Å². The van der Waals surface area contributed by atoms with Crippen LogP contribution in [0.25, 0.3) is 11.0 Å². The van der Waals surface area contributed by atoms with Gasteiger partial charge in [0.05, 0.1) is 31.3 Å². The van der Waals surface area contributed by atoms with Crippen molar-refractivity contribution in [3.8, 4) is 0 Å². The van der Waals surface area contributed by atoms with Gasteiger partial charge in [0.25, 0.3) is 0 Å².